The highest BCUT2D eigenvalue weighted by atomic mass is 32.2. The van der Waals surface area contributed by atoms with E-state index in [4.69, 9.17) is 5.26 Å². The fraction of sp³-hybridized carbons (Fsp3) is 0.188. The number of rotatable bonds is 4. The molecule has 2 aromatic rings. The van der Waals surface area contributed by atoms with E-state index in [1.165, 1.54) is 5.56 Å². The number of thioether (sulfide) groups is 1. The van der Waals surface area contributed by atoms with Crippen LogP contribution in [0.3, 0.4) is 0 Å². The maximum Gasteiger partial charge on any atom is 0.0994 e. The smallest absolute Gasteiger partial charge is 0.0994 e. The van der Waals surface area contributed by atoms with Gasteiger partial charge in [-0.05, 0) is 24.1 Å². The molecule has 1 unspecified atom stereocenters. The summed E-state index contributed by atoms with van der Waals surface area (Å²) in [6.07, 6.45) is 0. The van der Waals surface area contributed by atoms with Gasteiger partial charge in [-0.3, -0.25) is 0 Å². The van der Waals surface area contributed by atoms with Crippen molar-refractivity contribution in [3.63, 3.8) is 0 Å². The summed E-state index contributed by atoms with van der Waals surface area (Å²) in [6, 6.07) is 20.5. The molecule has 0 saturated carbocycles. The van der Waals surface area contributed by atoms with Gasteiger partial charge in [-0.15, -0.1) is 11.8 Å². The molecule has 0 heterocycles. The maximum absolute atomic E-state index is 9.04. The Hall–Kier alpha value is -1.72. The summed E-state index contributed by atoms with van der Waals surface area (Å²) in [5, 5.41) is 9.48. The molecule has 0 aliphatic rings. The molecule has 0 fully saturated rings. The second-order valence-electron chi connectivity index (χ2n) is 4.13. The molecule has 0 radical (unpaired) electrons. The van der Waals surface area contributed by atoms with Crippen molar-refractivity contribution in [2.24, 2.45) is 0 Å². The van der Waals surface area contributed by atoms with E-state index in [-0.39, 0.29) is 0 Å². The van der Waals surface area contributed by atoms with Crippen molar-refractivity contribution in [3.8, 4) is 6.07 Å². The third-order valence-corrected chi connectivity index (χ3v) is 4.15. The molecule has 0 N–H and O–H groups in total. The first-order valence-corrected chi connectivity index (χ1v) is 7.00. The fourth-order valence-corrected chi connectivity index (χ4v) is 2.82. The summed E-state index contributed by atoms with van der Waals surface area (Å²) in [7, 11) is 0. The first kappa shape index (κ1) is 12.7. The van der Waals surface area contributed by atoms with Crippen LogP contribution in [0.4, 0.5) is 0 Å². The number of hydrogen-bond acceptors (Lipinski definition) is 2. The molecule has 2 rings (SSSR count). The molecule has 0 aromatic heterocycles. The average Bonchev–Trinajstić information content (AvgIpc) is 2.46. The highest BCUT2D eigenvalue weighted by molar-refractivity contribution is 7.98. The molecule has 1 nitrogen and oxygen atoms in total. The van der Waals surface area contributed by atoms with Gasteiger partial charge in [0, 0.05) is 11.0 Å². The van der Waals surface area contributed by atoms with E-state index < -0.39 is 0 Å². The molecule has 90 valence electrons. The van der Waals surface area contributed by atoms with Crippen molar-refractivity contribution in [2.75, 3.05) is 0 Å². The zero-order valence-corrected chi connectivity index (χ0v) is 11.2. The number of hydrogen-bond donors (Lipinski definition) is 0. The summed E-state index contributed by atoms with van der Waals surface area (Å²) in [5.74, 6) is 0.875. The maximum atomic E-state index is 9.04. The van der Waals surface area contributed by atoms with Crippen molar-refractivity contribution < 1.29 is 0 Å². The molecule has 0 spiro atoms. The SMILES string of the molecule is CC(SCc1ccccc1C#N)c1ccccc1. The summed E-state index contributed by atoms with van der Waals surface area (Å²) < 4.78 is 0. The molecule has 0 saturated heterocycles. The van der Waals surface area contributed by atoms with Crippen molar-refractivity contribution >= 4 is 11.8 Å². The van der Waals surface area contributed by atoms with Gasteiger partial charge in [-0.25, -0.2) is 0 Å². The minimum atomic E-state index is 0.443. The standard InChI is InChI=1S/C16H15NS/c1-13(14-7-3-2-4-8-14)18-12-16-10-6-5-9-15(16)11-17/h2-10,13H,12H2,1H3. The normalized spacial score (nSPS) is 11.8. The first-order chi connectivity index (χ1) is 8.81. The van der Waals surface area contributed by atoms with Gasteiger partial charge in [0.05, 0.1) is 11.6 Å². The minimum absolute atomic E-state index is 0.443. The van der Waals surface area contributed by atoms with Crippen molar-refractivity contribution in [3.05, 3.63) is 71.3 Å². The van der Waals surface area contributed by atoms with Crippen LogP contribution < -0.4 is 0 Å². The fourth-order valence-electron chi connectivity index (χ4n) is 1.79. The van der Waals surface area contributed by atoms with Gasteiger partial charge in [0.15, 0.2) is 0 Å². The largest absolute Gasteiger partial charge is 0.192 e. The Kier molecular flexibility index (Phi) is 4.44. The van der Waals surface area contributed by atoms with E-state index in [9.17, 15) is 0 Å². The minimum Gasteiger partial charge on any atom is -0.192 e. The molecular formula is C16H15NS. The predicted octanol–water partition coefficient (Wildman–Crippen LogP) is 4.55. The second kappa shape index (κ2) is 6.28. The van der Waals surface area contributed by atoms with Gasteiger partial charge >= 0.3 is 0 Å². The number of nitriles is 1. The quantitative estimate of drug-likeness (QED) is 0.798. The van der Waals surface area contributed by atoms with Crippen LogP contribution in [0.15, 0.2) is 54.6 Å². The Bertz CT molecular complexity index is 543. The van der Waals surface area contributed by atoms with E-state index in [2.05, 4.69) is 37.3 Å². The van der Waals surface area contributed by atoms with Gasteiger partial charge in [0.1, 0.15) is 0 Å². The van der Waals surface area contributed by atoms with Gasteiger partial charge in [0.2, 0.25) is 0 Å². The van der Waals surface area contributed by atoms with Crippen LogP contribution in [0.1, 0.15) is 28.9 Å². The zero-order chi connectivity index (χ0) is 12.8. The van der Waals surface area contributed by atoms with Crippen LogP contribution in [-0.2, 0) is 5.75 Å². The van der Waals surface area contributed by atoms with Crippen LogP contribution in [0.2, 0.25) is 0 Å². The van der Waals surface area contributed by atoms with Gasteiger partial charge in [-0.2, -0.15) is 5.26 Å². The first-order valence-electron chi connectivity index (χ1n) is 5.96. The second-order valence-corrected chi connectivity index (χ2v) is 5.46. The topological polar surface area (TPSA) is 23.8 Å². The van der Waals surface area contributed by atoms with Crippen molar-refractivity contribution in [2.45, 2.75) is 17.9 Å². The highest BCUT2D eigenvalue weighted by Gasteiger charge is 2.07. The Balaban J connectivity index is 2.02. The van der Waals surface area contributed by atoms with Gasteiger partial charge < -0.3 is 0 Å². The van der Waals surface area contributed by atoms with Gasteiger partial charge in [-0.1, -0.05) is 48.5 Å². The van der Waals surface area contributed by atoms with Gasteiger partial charge in [0.25, 0.3) is 0 Å². The Morgan fingerprint density at radius 3 is 2.44 bits per heavy atom. The Labute approximate surface area is 112 Å². The Morgan fingerprint density at radius 1 is 1.06 bits per heavy atom. The molecule has 0 aliphatic carbocycles. The summed E-state index contributed by atoms with van der Waals surface area (Å²) in [4.78, 5) is 0. The lowest BCUT2D eigenvalue weighted by Gasteiger charge is -2.12. The molecule has 2 aromatic carbocycles. The lowest BCUT2D eigenvalue weighted by molar-refractivity contribution is 1.09. The zero-order valence-electron chi connectivity index (χ0n) is 10.3. The van der Waals surface area contributed by atoms with Crippen LogP contribution in [-0.4, -0.2) is 0 Å². The van der Waals surface area contributed by atoms with Crippen LogP contribution in [0.25, 0.3) is 0 Å². The summed E-state index contributed by atoms with van der Waals surface area (Å²) in [5.41, 5.74) is 3.23. The van der Waals surface area contributed by atoms with Crippen LogP contribution in [0, 0.1) is 11.3 Å². The Morgan fingerprint density at radius 2 is 1.72 bits per heavy atom. The molecule has 0 bridgehead atoms. The number of benzene rings is 2. The lowest BCUT2D eigenvalue weighted by Crippen LogP contribution is -1.91. The van der Waals surface area contributed by atoms with E-state index in [0.29, 0.717) is 5.25 Å². The third kappa shape index (κ3) is 3.15. The summed E-state index contributed by atoms with van der Waals surface area (Å²) >= 11 is 1.86. The molecule has 0 aliphatic heterocycles. The third-order valence-electron chi connectivity index (χ3n) is 2.90. The molecule has 2 heteroatoms. The van der Waals surface area contributed by atoms with Crippen LogP contribution >= 0.6 is 11.8 Å². The van der Waals surface area contributed by atoms with E-state index in [0.717, 1.165) is 16.9 Å². The molecule has 1 atom stereocenters. The molecule has 0 amide bonds. The van der Waals surface area contributed by atoms with Crippen LogP contribution in [0.5, 0.6) is 0 Å². The number of nitrogens with zero attached hydrogens (tertiary/aromatic N) is 1. The monoisotopic (exact) mass is 253 g/mol. The highest BCUT2D eigenvalue weighted by Crippen LogP contribution is 2.31. The molecule has 18 heavy (non-hydrogen) atoms. The van der Waals surface area contributed by atoms with E-state index in [1.54, 1.807) is 0 Å². The van der Waals surface area contributed by atoms with Crippen molar-refractivity contribution in [1.29, 1.82) is 5.26 Å². The lowest BCUT2D eigenvalue weighted by atomic mass is 10.1. The van der Waals surface area contributed by atoms with E-state index in [1.807, 2.05) is 42.1 Å². The average molecular weight is 253 g/mol. The van der Waals surface area contributed by atoms with Crippen molar-refractivity contribution in [1.82, 2.24) is 0 Å². The van der Waals surface area contributed by atoms with E-state index >= 15 is 0 Å². The summed E-state index contributed by atoms with van der Waals surface area (Å²) in [6.45, 7) is 2.20. The molecular weight excluding hydrogens is 238 g/mol. The predicted molar refractivity (Wildman–Crippen MR) is 77.3 cm³/mol.